The first-order valence-electron chi connectivity index (χ1n) is 17.2. The van der Waals surface area contributed by atoms with Gasteiger partial charge in [-0.1, -0.05) is 94.0 Å². The van der Waals surface area contributed by atoms with E-state index in [4.69, 9.17) is 4.74 Å². The number of hydrogen-bond acceptors (Lipinski definition) is 9. The maximum Gasteiger partial charge on any atom is 0.279 e. The molecule has 2 aliphatic carbocycles. The minimum Gasteiger partial charge on any atom is -0.467 e. The molecule has 3 N–H and O–H groups in total. The summed E-state index contributed by atoms with van der Waals surface area (Å²) in [5.74, 6) is 0.567. The molecule has 2 aromatic heterocycles. The standard InChI is InChI=1S/C17H26N2O4.C14H24BrNO2.C3H3NO2/c1-2-3-4-9-14(18-17(21)13-7-5-6-8-13)15(20)12-22-16-10-11-23-19-16;1-2-3-4-9-12(13(17)10-15)16-14(18)11-7-5-6-8-11;5-3-1-2-6-4-3/h10-11,13-14H,2-9,12H2,1H3,(H,18,21);11-12H,2-10H2,1H3,(H,16,18);1-2H,(H,4,5)/t14-;12-;/m00./s1. The second kappa shape index (κ2) is 24.0. The molecule has 47 heavy (non-hydrogen) atoms. The van der Waals surface area contributed by atoms with Gasteiger partial charge >= 0.3 is 0 Å². The molecule has 2 saturated carbocycles. The highest BCUT2D eigenvalue weighted by molar-refractivity contribution is 9.09. The second-order valence-electron chi connectivity index (χ2n) is 12.2. The van der Waals surface area contributed by atoms with Gasteiger partial charge < -0.3 is 24.4 Å². The number of halogens is 1. The van der Waals surface area contributed by atoms with Gasteiger partial charge in [-0.25, -0.2) is 0 Å². The van der Waals surface area contributed by atoms with E-state index >= 15 is 0 Å². The SMILES string of the molecule is CCCCC[C@H](NC(=O)C1CCCC1)C(=O)CBr.CCCCC[C@H](NC(=O)C1CCCC1)C(=O)COc1ccon1.O=c1cco[nH]1. The van der Waals surface area contributed by atoms with Gasteiger partial charge in [0.1, 0.15) is 12.5 Å². The molecule has 0 unspecified atom stereocenters. The van der Waals surface area contributed by atoms with Crippen molar-refractivity contribution in [3.05, 3.63) is 35.0 Å². The number of unbranched alkanes of at least 4 members (excludes halogenated alkanes) is 4. The van der Waals surface area contributed by atoms with Crippen LogP contribution in [-0.4, -0.2) is 57.7 Å². The highest BCUT2D eigenvalue weighted by atomic mass is 79.9. The molecule has 2 amide bonds. The summed E-state index contributed by atoms with van der Waals surface area (Å²) in [4.78, 5) is 58.4. The van der Waals surface area contributed by atoms with Crippen molar-refractivity contribution >= 4 is 39.3 Å². The van der Waals surface area contributed by atoms with E-state index < -0.39 is 6.04 Å². The van der Waals surface area contributed by atoms with Gasteiger partial charge in [-0.05, 0) is 43.7 Å². The van der Waals surface area contributed by atoms with E-state index in [1.807, 2.05) is 0 Å². The molecule has 0 bridgehead atoms. The number of rotatable bonds is 18. The van der Waals surface area contributed by atoms with Gasteiger partial charge in [-0.3, -0.25) is 24.0 Å². The van der Waals surface area contributed by atoms with E-state index in [1.54, 1.807) is 6.07 Å². The summed E-state index contributed by atoms with van der Waals surface area (Å²) in [5.41, 5.74) is -0.199. The monoisotopic (exact) mass is 724 g/mol. The highest BCUT2D eigenvalue weighted by Crippen LogP contribution is 2.26. The molecule has 0 radical (unpaired) electrons. The molecule has 2 aromatic rings. The molecule has 13 heteroatoms. The number of nitrogens with zero attached hydrogens (tertiary/aromatic N) is 1. The Bertz CT molecular complexity index is 1190. The topological polar surface area (TPSA) is 174 Å². The molecular formula is C34H53BrN4O8. The third kappa shape index (κ3) is 16.4. The van der Waals surface area contributed by atoms with Gasteiger partial charge in [-0.2, -0.15) is 5.16 Å². The van der Waals surface area contributed by atoms with Crippen molar-refractivity contribution in [1.29, 1.82) is 0 Å². The lowest BCUT2D eigenvalue weighted by Crippen LogP contribution is -2.45. The minimum atomic E-state index is -0.471. The number of amides is 2. The zero-order valence-corrected chi connectivity index (χ0v) is 29.5. The number of H-pyrrole nitrogens is 1. The van der Waals surface area contributed by atoms with Crippen LogP contribution in [0.25, 0.3) is 0 Å². The van der Waals surface area contributed by atoms with Crippen molar-refractivity contribution in [1.82, 2.24) is 20.9 Å². The third-order valence-corrected chi connectivity index (χ3v) is 8.96. The lowest BCUT2D eigenvalue weighted by Gasteiger charge is -2.19. The van der Waals surface area contributed by atoms with Crippen LogP contribution >= 0.6 is 15.9 Å². The van der Waals surface area contributed by atoms with Crippen molar-refractivity contribution in [3.63, 3.8) is 0 Å². The zero-order valence-electron chi connectivity index (χ0n) is 27.9. The first-order valence-corrected chi connectivity index (χ1v) is 18.3. The van der Waals surface area contributed by atoms with Crippen molar-refractivity contribution in [3.8, 4) is 5.88 Å². The number of ether oxygens (including phenoxy) is 1. The molecule has 4 rings (SSSR count). The third-order valence-electron chi connectivity index (χ3n) is 8.41. The van der Waals surface area contributed by atoms with Gasteiger partial charge in [0.05, 0.1) is 17.4 Å². The maximum absolute atomic E-state index is 12.4. The van der Waals surface area contributed by atoms with Crippen molar-refractivity contribution in [2.45, 2.75) is 129 Å². The smallest absolute Gasteiger partial charge is 0.279 e. The fourth-order valence-corrected chi connectivity index (χ4v) is 6.01. The molecule has 2 heterocycles. The van der Waals surface area contributed by atoms with Crippen LogP contribution in [0.5, 0.6) is 5.88 Å². The van der Waals surface area contributed by atoms with Crippen LogP contribution in [0, 0.1) is 11.8 Å². The van der Waals surface area contributed by atoms with Crippen molar-refractivity contribution in [2.75, 3.05) is 11.9 Å². The number of aromatic nitrogens is 2. The van der Waals surface area contributed by atoms with E-state index in [9.17, 15) is 24.0 Å². The van der Waals surface area contributed by atoms with Crippen molar-refractivity contribution < 1.29 is 33.0 Å². The number of carbonyl (C=O) groups is 4. The van der Waals surface area contributed by atoms with E-state index in [2.05, 4.69) is 59.8 Å². The van der Waals surface area contributed by atoms with Gasteiger partial charge in [0, 0.05) is 24.0 Å². The molecule has 0 spiro atoms. The summed E-state index contributed by atoms with van der Waals surface area (Å²) in [6.45, 7) is 4.15. The molecule has 12 nitrogen and oxygen atoms in total. The molecule has 0 saturated heterocycles. The number of aromatic amines is 1. The summed E-state index contributed by atoms with van der Waals surface area (Å²) >= 11 is 3.20. The predicted octanol–water partition coefficient (Wildman–Crippen LogP) is 6.05. The highest BCUT2D eigenvalue weighted by Gasteiger charge is 2.28. The summed E-state index contributed by atoms with van der Waals surface area (Å²) in [6.07, 6.45) is 18.7. The number of alkyl halides is 1. The summed E-state index contributed by atoms with van der Waals surface area (Å²) < 4.78 is 14.2. The Labute approximate surface area is 286 Å². The van der Waals surface area contributed by atoms with E-state index in [0.717, 1.165) is 96.3 Å². The summed E-state index contributed by atoms with van der Waals surface area (Å²) in [5, 5.41) is 11.9. The van der Waals surface area contributed by atoms with Crippen LogP contribution in [0.4, 0.5) is 0 Å². The van der Waals surface area contributed by atoms with Crippen LogP contribution in [-0.2, 0) is 19.2 Å². The van der Waals surface area contributed by atoms with E-state index in [0.29, 0.717) is 11.8 Å². The lowest BCUT2D eigenvalue weighted by atomic mass is 10.0. The lowest BCUT2D eigenvalue weighted by molar-refractivity contribution is -0.131. The number of hydrogen-bond donors (Lipinski definition) is 3. The molecule has 2 atom stereocenters. The Balaban J connectivity index is 0.000000283. The average Bonchev–Trinajstić information content (AvgIpc) is 3.92. The minimum absolute atomic E-state index is 0.0128. The molecule has 2 aliphatic rings. The Morgan fingerprint density at radius 2 is 1.38 bits per heavy atom. The Morgan fingerprint density at radius 3 is 1.77 bits per heavy atom. The van der Waals surface area contributed by atoms with Crippen LogP contribution in [0.15, 0.2) is 38.5 Å². The fourth-order valence-electron chi connectivity index (χ4n) is 5.62. The Hall–Kier alpha value is -3.22. The van der Waals surface area contributed by atoms with Crippen molar-refractivity contribution in [2.24, 2.45) is 11.8 Å². The predicted molar refractivity (Wildman–Crippen MR) is 181 cm³/mol. The van der Waals surface area contributed by atoms with Gasteiger partial charge in [0.2, 0.25) is 11.8 Å². The van der Waals surface area contributed by atoms with Crippen LogP contribution in [0.3, 0.4) is 0 Å². The number of ketones is 2. The zero-order chi connectivity index (χ0) is 34.3. The molecule has 264 valence electrons. The first kappa shape index (κ1) is 40.0. The van der Waals surface area contributed by atoms with Gasteiger partial charge in [0.15, 0.2) is 18.2 Å². The van der Waals surface area contributed by atoms with Gasteiger partial charge in [0.25, 0.3) is 11.4 Å². The Kier molecular flexibility index (Phi) is 20.4. The van der Waals surface area contributed by atoms with Crippen LogP contribution in [0.1, 0.15) is 117 Å². The molecule has 0 aliphatic heterocycles. The van der Waals surface area contributed by atoms with E-state index in [-0.39, 0.29) is 59.3 Å². The average molecular weight is 726 g/mol. The largest absolute Gasteiger partial charge is 0.467 e. The maximum atomic E-state index is 12.4. The number of Topliss-reactive ketones (excluding diaryl/α,β-unsaturated/α-hetero) is 2. The summed E-state index contributed by atoms with van der Waals surface area (Å²) in [6, 6.07) is 2.10. The molecule has 2 fully saturated rings. The normalized spacial score (nSPS) is 15.8. The fraction of sp³-hybridized carbons (Fsp3) is 0.706. The quantitative estimate of drug-likeness (QED) is 0.122. The Morgan fingerprint density at radius 1 is 0.851 bits per heavy atom. The first-order chi connectivity index (χ1) is 22.8. The van der Waals surface area contributed by atoms with E-state index in [1.165, 1.54) is 18.6 Å². The van der Waals surface area contributed by atoms with Gasteiger partial charge in [-0.15, -0.1) is 0 Å². The summed E-state index contributed by atoms with van der Waals surface area (Å²) in [7, 11) is 0. The molecule has 0 aromatic carbocycles. The van der Waals surface area contributed by atoms with Crippen LogP contribution < -0.4 is 20.9 Å². The number of nitrogens with one attached hydrogen (secondary N) is 3. The number of carbonyl (C=O) groups excluding carboxylic acids is 4. The second-order valence-corrected chi connectivity index (χ2v) is 12.7. The molecular weight excluding hydrogens is 672 g/mol. The van der Waals surface area contributed by atoms with Crippen LogP contribution in [0.2, 0.25) is 0 Å².